The van der Waals surface area contributed by atoms with E-state index >= 15 is 0 Å². The van der Waals surface area contributed by atoms with Crippen molar-refractivity contribution < 1.29 is 34.0 Å². The van der Waals surface area contributed by atoms with Crippen molar-refractivity contribution in [2.24, 2.45) is 0 Å². The van der Waals surface area contributed by atoms with Crippen molar-refractivity contribution in [3.05, 3.63) is 45.1 Å². The largest absolute Gasteiger partial charge is 0.507 e. The molecule has 41 heavy (non-hydrogen) atoms. The first kappa shape index (κ1) is 28.4. The molecule has 3 aliphatic rings. The molecule has 1 amide bonds. The number of aryl methyl sites for hydroxylation is 1. The maximum absolute atomic E-state index is 12.1. The highest BCUT2D eigenvalue weighted by atomic mass is 16.7. The summed E-state index contributed by atoms with van der Waals surface area (Å²) in [6.07, 6.45) is 2.39. The zero-order valence-corrected chi connectivity index (χ0v) is 24.4. The number of carbonyl (C=O) groups excluding carboxylic acids is 1. The third kappa shape index (κ3) is 4.21. The number of phenolic OH excluding ortho intramolecular Hbond substituents is 2. The van der Waals surface area contributed by atoms with Gasteiger partial charge < -0.3 is 39.4 Å². The molecule has 0 spiro atoms. The summed E-state index contributed by atoms with van der Waals surface area (Å²) in [6, 6.07) is 2.66. The van der Waals surface area contributed by atoms with E-state index in [4.69, 9.17) is 18.9 Å². The minimum absolute atomic E-state index is 0.0112. The van der Waals surface area contributed by atoms with Crippen LogP contribution in [-0.2, 0) is 16.0 Å². The van der Waals surface area contributed by atoms with Crippen molar-refractivity contribution in [2.45, 2.75) is 51.4 Å². The lowest BCUT2D eigenvalue weighted by Gasteiger charge is -2.57. The molecule has 1 saturated heterocycles. The van der Waals surface area contributed by atoms with Gasteiger partial charge in [-0.05, 0) is 44.5 Å². The van der Waals surface area contributed by atoms with Crippen LogP contribution >= 0.6 is 0 Å². The number of likely N-dealkylation sites (N-methyl/N-ethyl adjacent to an activating group) is 1. The van der Waals surface area contributed by atoms with Gasteiger partial charge in [0.1, 0.15) is 11.8 Å². The number of fused-ring (bicyclic) bond motifs is 7. The molecular weight excluding hydrogens is 528 g/mol. The minimum Gasteiger partial charge on any atom is -0.507 e. The summed E-state index contributed by atoms with van der Waals surface area (Å²) in [7, 11) is 6.55. The number of aromatic hydroxyl groups is 2. The molecule has 4 atom stereocenters. The van der Waals surface area contributed by atoms with Gasteiger partial charge in [0.15, 0.2) is 29.8 Å². The van der Waals surface area contributed by atoms with Crippen LogP contribution in [0.3, 0.4) is 0 Å². The molecule has 5 rings (SSSR count). The van der Waals surface area contributed by atoms with Gasteiger partial charge in [0.25, 0.3) is 0 Å². The Hall–Kier alpha value is -4.14. The highest BCUT2D eigenvalue weighted by molar-refractivity contribution is 5.77. The van der Waals surface area contributed by atoms with E-state index < -0.39 is 18.1 Å². The van der Waals surface area contributed by atoms with Crippen LogP contribution < -0.4 is 19.5 Å². The standard InChI is InChI=1S/C30H36N4O7/c1-14-8-17-9-19-21(11-31)34-20(25(33(19)4)23(17)30(28(14)39-6)41-13-38-5)10-18-24(22(34)12-32-16(3)35)27(37)29(40-7)15(2)26(18)36/h8,10,19,21-22,25,36-37H,9,12-13H2,1-7H3,(H,32,35)/t19-,21-,22-,25-/m0/s1. The Labute approximate surface area is 239 Å². The molecule has 2 aromatic rings. The number of rotatable bonds is 7. The average molecular weight is 565 g/mol. The van der Waals surface area contributed by atoms with E-state index in [1.165, 1.54) is 14.0 Å². The van der Waals surface area contributed by atoms with Crippen molar-refractivity contribution in [3.63, 3.8) is 0 Å². The van der Waals surface area contributed by atoms with E-state index in [0.29, 0.717) is 34.6 Å². The number of ether oxygens (including phenoxy) is 4. The molecule has 3 heterocycles. The number of amides is 1. The molecule has 0 radical (unpaired) electrons. The lowest BCUT2D eigenvalue weighted by molar-refractivity contribution is -0.119. The van der Waals surface area contributed by atoms with Gasteiger partial charge in [0.2, 0.25) is 5.91 Å². The first-order valence-electron chi connectivity index (χ1n) is 13.4. The summed E-state index contributed by atoms with van der Waals surface area (Å²) in [5.41, 5.74) is 4.74. The SMILES string of the molecule is COCOc1c(OC)c(C)cc2c1[C@@H]1C3=Cc4c(O)c(C)c(OC)c(O)c4[C@H](CNC(C)=O)N3[C@@H](C#N)[C@H](C2)N1C. The van der Waals surface area contributed by atoms with Gasteiger partial charge in [0, 0.05) is 54.6 Å². The number of carbonyl (C=O) groups is 1. The van der Waals surface area contributed by atoms with E-state index in [9.17, 15) is 20.3 Å². The van der Waals surface area contributed by atoms with Gasteiger partial charge in [-0.15, -0.1) is 0 Å². The van der Waals surface area contributed by atoms with Gasteiger partial charge >= 0.3 is 0 Å². The van der Waals surface area contributed by atoms with Crippen LogP contribution in [0.5, 0.6) is 28.7 Å². The Morgan fingerprint density at radius 2 is 1.83 bits per heavy atom. The van der Waals surface area contributed by atoms with Gasteiger partial charge in [-0.1, -0.05) is 6.07 Å². The number of nitrogens with one attached hydrogen (secondary N) is 1. The summed E-state index contributed by atoms with van der Waals surface area (Å²) in [5, 5.41) is 36.3. The summed E-state index contributed by atoms with van der Waals surface area (Å²) in [4.78, 5) is 16.2. The molecule has 3 aliphatic heterocycles. The predicted octanol–water partition coefficient (Wildman–Crippen LogP) is 3.05. The zero-order valence-electron chi connectivity index (χ0n) is 24.4. The lowest BCUT2D eigenvalue weighted by Crippen LogP contribution is -2.62. The van der Waals surface area contributed by atoms with Gasteiger partial charge in [-0.25, -0.2) is 0 Å². The third-order valence-corrected chi connectivity index (χ3v) is 8.50. The van der Waals surface area contributed by atoms with E-state index in [1.54, 1.807) is 21.1 Å². The summed E-state index contributed by atoms with van der Waals surface area (Å²) in [5.74, 6) is 0.864. The molecule has 0 unspecified atom stereocenters. The summed E-state index contributed by atoms with van der Waals surface area (Å²) < 4.78 is 22.7. The number of benzene rings is 2. The zero-order chi connectivity index (χ0) is 29.7. The monoisotopic (exact) mass is 564 g/mol. The number of phenols is 2. The fourth-order valence-electron chi connectivity index (χ4n) is 6.78. The molecule has 3 N–H and O–H groups in total. The van der Waals surface area contributed by atoms with Crippen molar-refractivity contribution >= 4 is 12.0 Å². The molecular formula is C30H36N4O7. The van der Waals surface area contributed by atoms with Crippen LogP contribution in [-0.4, -0.2) is 79.7 Å². The lowest BCUT2D eigenvalue weighted by atomic mass is 9.75. The number of nitrogens with zero attached hydrogens (tertiary/aromatic N) is 3. The molecule has 218 valence electrons. The van der Waals surface area contributed by atoms with E-state index in [-0.39, 0.29) is 42.5 Å². The van der Waals surface area contributed by atoms with Crippen molar-refractivity contribution in [2.75, 3.05) is 41.7 Å². The minimum atomic E-state index is -0.671. The van der Waals surface area contributed by atoms with Crippen LogP contribution in [0.1, 0.15) is 52.4 Å². The van der Waals surface area contributed by atoms with E-state index in [2.05, 4.69) is 22.4 Å². The van der Waals surface area contributed by atoms with E-state index in [0.717, 1.165) is 22.4 Å². The topological polar surface area (TPSA) is 137 Å². The third-order valence-electron chi connectivity index (χ3n) is 8.50. The molecule has 11 nitrogen and oxygen atoms in total. The fraction of sp³-hybridized carbons (Fsp3) is 0.467. The Morgan fingerprint density at radius 3 is 2.44 bits per heavy atom. The highest BCUT2D eigenvalue weighted by Crippen LogP contribution is 2.58. The quantitative estimate of drug-likeness (QED) is 0.340. The van der Waals surface area contributed by atoms with E-state index in [1.807, 2.05) is 24.9 Å². The molecule has 0 aromatic heterocycles. The van der Waals surface area contributed by atoms with Crippen LogP contribution in [0, 0.1) is 25.2 Å². The first-order chi connectivity index (χ1) is 19.6. The molecule has 0 saturated carbocycles. The van der Waals surface area contributed by atoms with Gasteiger partial charge in [0.05, 0.1) is 32.4 Å². The van der Waals surface area contributed by atoms with Crippen molar-refractivity contribution in [1.29, 1.82) is 5.26 Å². The second-order valence-corrected chi connectivity index (χ2v) is 10.7. The summed E-state index contributed by atoms with van der Waals surface area (Å²) in [6.45, 7) is 5.15. The Morgan fingerprint density at radius 1 is 1.12 bits per heavy atom. The predicted molar refractivity (Wildman–Crippen MR) is 150 cm³/mol. The van der Waals surface area contributed by atoms with Crippen LogP contribution in [0.2, 0.25) is 0 Å². The van der Waals surface area contributed by atoms with Gasteiger partial charge in [-0.2, -0.15) is 5.26 Å². The highest BCUT2D eigenvalue weighted by Gasteiger charge is 2.53. The smallest absolute Gasteiger partial charge is 0.216 e. The Bertz CT molecular complexity index is 1480. The maximum atomic E-state index is 12.1. The first-order valence-corrected chi connectivity index (χ1v) is 13.4. The Kier molecular flexibility index (Phi) is 7.40. The molecule has 2 bridgehead atoms. The Balaban J connectivity index is 1.84. The van der Waals surface area contributed by atoms with Gasteiger partial charge in [-0.3, -0.25) is 9.69 Å². The number of hydrogen-bond donors (Lipinski definition) is 3. The van der Waals surface area contributed by atoms with Crippen molar-refractivity contribution in [1.82, 2.24) is 15.1 Å². The molecule has 0 aliphatic carbocycles. The second kappa shape index (κ2) is 10.7. The van der Waals surface area contributed by atoms with Crippen LogP contribution in [0.15, 0.2) is 11.8 Å². The molecule has 2 aromatic carbocycles. The maximum Gasteiger partial charge on any atom is 0.216 e. The van der Waals surface area contributed by atoms with Crippen LogP contribution in [0.4, 0.5) is 0 Å². The number of piperazine rings is 1. The molecule has 11 heteroatoms. The number of methoxy groups -OCH3 is 3. The number of hydrogen-bond acceptors (Lipinski definition) is 10. The van der Waals surface area contributed by atoms with Crippen LogP contribution in [0.25, 0.3) is 6.08 Å². The second-order valence-electron chi connectivity index (χ2n) is 10.7. The average Bonchev–Trinajstić information content (AvgIpc) is 2.93. The summed E-state index contributed by atoms with van der Waals surface area (Å²) >= 11 is 0. The molecule has 1 fully saturated rings. The van der Waals surface area contributed by atoms with Crippen molar-refractivity contribution in [3.8, 4) is 34.8 Å². The number of nitriles is 1. The normalized spacial score (nSPS) is 22.5. The fourth-order valence-corrected chi connectivity index (χ4v) is 6.78.